The lowest BCUT2D eigenvalue weighted by Crippen LogP contribution is -2.54. The van der Waals surface area contributed by atoms with Gasteiger partial charge in [0.05, 0.1) is 12.0 Å². The molecule has 2 unspecified atom stereocenters. The highest BCUT2D eigenvalue weighted by molar-refractivity contribution is 7.89. The van der Waals surface area contributed by atoms with Crippen molar-refractivity contribution in [2.24, 2.45) is 0 Å². The highest BCUT2D eigenvalue weighted by atomic mass is 32.2. The molecule has 2 heterocycles. The molecule has 2 N–H and O–H groups in total. The Morgan fingerprint density at radius 3 is 2.29 bits per heavy atom. The predicted octanol–water partition coefficient (Wildman–Crippen LogP) is 2.43. The maximum Gasteiger partial charge on any atom is 0.243 e. The van der Waals surface area contributed by atoms with E-state index in [2.05, 4.69) is 31.6 Å². The molecule has 2 aliphatic heterocycles. The Hall–Kier alpha value is -2.46. The van der Waals surface area contributed by atoms with Gasteiger partial charge in [-0.2, -0.15) is 4.31 Å². The molecule has 1 amide bonds. The molecule has 0 radical (unpaired) electrons. The van der Waals surface area contributed by atoms with Crippen molar-refractivity contribution in [3.8, 4) is 5.75 Å². The van der Waals surface area contributed by atoms with Crippen LogP contribution in [0.2, 0.25) is 0 Å². The van der Waals surface area contributed by atoms with Crippen LogP contribution in [0.3, 0.4) is 0 Å². The van der Waals surface area contributed by atoms with Crippen molar-refractivity contribution in [3.63, 3.8) is 0 Å². The van der Waals surface area contributed by atoms with E-state index in [-0.39, 0.29) is 36.5 Å². The molecule has 4 rings (SSSR count). The van der Waals surface area contributed by atoms with Crippen LogP contribution in [-0.4, -0.2) is 62.9 Å². The Morgan fingerprint density at radius 1 is 1.00 bits per heavy atom. The zero-order valence-electron chi connectivity index (χ0n) is 20.2. The van der Waals surface area contributed by atoms with E-state index in [0.29, 0.717) is 24.4 Å². The summed E-state index contributed by atoms with van der Waals surface area (Å²) in [4.78, 5) is 15.1. The molecular weight excluding hydrogens is 452 g/mol. The van der Waals surface area contributed by atoms with E-state index in [1.807, 2.05) is 36.4 Å². The summed E-state index contributed by atoms with van der Waals surface area (Å²) in [5.74, 6) is 0.768. The maximum atomic E-state index is 13.1. The van der Waals surface area contributed by atoms with Gasteiger partial charge in [-0.3, -0.25) is 4.79 Å². The molecule has 9 heteroatoms. The Kier molecular flexibility index (Phi) is 7.00. The van der Waals surface area contributed by atoms with Gasteiger partial charge in [-0.05, 0) is 47.2 Å². The van der Waals surface area contributed by atoms with E-state index in [0.717, 1.165) is 16.9 Å². The van der Waals surface area contributed by atoms with Crippen molar-refractivity contribution in [2.45, 2.75) is 49.6 Å². The van der Waals surface area contributed by atoms with Crippen molar-refractivity contribution >= 4 is 15.9 Å². The molecule has 2 aromatic rings. The minimum Gasteiger partial charge on any atom is -0.497 e. The first-order valence-electron chi connectivity index (χ1n) is 11.6. The van der Waals surface area contributed by atoms with E-state index < -0.39 is 10.0 Å². The van der Waals surface area contributed by atoms with Crippen LogP contribution in [-0.2, 0) is 20.2 Å². The summed E-state index contributed by atoms with van der Waals surface area (Å²) < 4.78 is 33.0. The normalized spacial score (nSPS) is 22.1. The van der Waals surface area contributed by atoms with Crippen LogP contribution in [0.1, 0.15) is 44.4 Å². The molecule has 0 saturated carbocycles. The number of nitrogens with zero attached hydrogens (tertiary/aromatic N) is 2. The van der Waals surface area contributed by atoms with Crippen molar-refractivity contribution in [1.29, 1.82) is 0 Å². The molecule has 0 aromatic heterocycles. The third-order valence-electron chi connectivity index (χ3n) is 6.61. The second-order valence-corrected chi connectivity index (χ2v) is 11.8. The number of sulfonamides is 1. The first-order chi connectivity index (χ1) is 16.1. The summed E-state index contributed by atoms with van der Waals surface area (Å²) in [6.07, 6.45) is 0.616. The van der Waals surface area contributed by atoms with Gasteiger partial charge in [0.1, 0.15) is 11.8 Å². The molecule has 0 bridgehead atoms. The van der Waals surface area contributed by atoms with Gasteiger partial charge in [0.25, 0.3) is 0 Å². The van der Waals surface area contributed by atoms with Crippen molar-refractivity contribution in [3.05, 3.63) is 59.7 Å². The number of nitrogens with one attached hydrogen (secondary N) is 2. The van der Waals surface area contributed by atoms with Gasteiger partial charge in [0.2, 0.25) is 15.9 Å². The Morgan fingerprint density at radius 2 is 1.68 bits per heavy atom. The predicted molar refractivity (Wildman–Crippen MR) is 131 cm³/mol. The molecule has 2 aliphatic rings. The molecule has 2 aromatic carbocycles. The average Bonchev–Trinajstić information content (AvgIpc) is 3.34. The van der Waals surface area contributed by atoms with Gasteiger partial charge in [0, 0.05) is 32.2 Å². The first-order valence-corrected chi connectivity index (χ1v) is 13.1. The number of hydrogen-bond donors (Lipinski definition) is 2. The molecule has 2 atom stereocenters. The van der Waals surface area contributed by atoms with Crippen LogP contribution in [0.4, 0.5) is 0 Å². The van der Waals surface area contributed by atoms with Gasteiger partial charge in [0.15, 0.2) is 0 Å². The Balaban J connectivity index is 1.34. The molecule has 34 heavy (non-hydrogen) atoms. The highest BCUT2D eigenvalue weighted by Crippen LogP contribution is 2.27. The average molecular weight is 487 g/mol. The fourth-order valence-corrected chi connectivity index (χ4v) is 5.86. The zero-order valence-corrected chi connectivity index (χ0v) is 21.1. The fourth-order valence-electron chi connectivity index (χ4n) is 4.44. The topological polar surface area (TPSA) is 91.0 Å². The largest absolute Gasteiger partial charge is 0.497 e. The number of carbonyl (C=O) groups excluding carboxylic acids is 1. The molecule has 2 saturated heterocycles. The Bertz CT molecular complexity index is 1120. The van der Waals surface area contributed by atoms with Crippen molar-refractivity contribution in [1.82, 2.24) is 20.1 Å². The van der Waals surface area contributed by atoms with Crippen LogP contribution < -0.4 is 15.6 Å². The van der Waals surface area contributed by atoms with E-state index in [1.165, 1.54) is 4.31 Å². The molecule has 0 spiro atoms. The second kappa shape index (κ2) is 9.65. The summed E-state index contributed by atoms with van der Waals surface area (Å²) in [5, 5.41) is 0. The second-order valence-electron chi connectivity index (χ2n) is 9.91. The fraction of sp³-hybridized carbons (Fsp3) is 0.480. The summed E-state index contributed by atoms with van der Waals surface area (Å²) in [6.45, 7) is 7.62. The summed E-state index contributed by atoms with van der Waals surface area (Å²) >= 11 is 0. The van der Waals surface area contributed by atoms with Crippen LogP contribution in [0.5, 0.6) is 5.75 Å². The van der Waals surface area contributed by atoms with Crippen LogP contribution in [0, 0.1) is 0 Å². The minimum atomic E-state index is -3.59. The summed E-state index contributed by atoms with van der Waals surface area (Å²) in [5.41, 5.74) is 8.42. The number of piperazine rings is 1. The number of amides is 1. The smallest absolute Gasteiger partial charge is 0.243 e. The van der Waals surface area contributed by atoms with Crippen LogP contribution >= 0.6 is 0 Å². The number of benzene rings is 2. The van der Waals surface area contributed by atoms with E-state index >= 15 is 0 Å². The monoisotopic (exact) mass is 486 g/mol. The van der Waals surface area contributed by atoms with E-state index in [1.54, 1.807) is 24.1 Å². The number of ether oxygens (including phenoxy) is 1. The van der Waals surface area contributed by atoms with Crippen LogP contribution in [0.15, 0.2) is 53.4 Å². The number of hydrazine groups is 1. The standard InChI is InChI=1S/C25H34N4O4S/c1-25(2,3)19-8-10-21(11-9-19)34(31,32)29-14-12-28(13-15-29)24(30)23-17-22(26-27-23)18-6-5-7-20(16-18)33-4/h5-11,16,22-23,26-27H,12-15,17H2,1-4H3. The third-order valence-corrected chi connectivity index (χ3v) is 8.52. The lowest BCUT2D eigenvalue weighted by molar-refractivity contribution is -0.134. The van der Waals surface area contributed by atoms with Gasteiger partial charge in [-0.25, -0.2) is 19.3 Å². The lowest BCUT2D eigenvalue weighted by Gasteiger charge is -2.35. The van der Waals surface area contributed by atoms with Crippen LogP contribution in [0.25, 0.3) is 0 Å². The van der Waals surface area contributed by atoms with Crippen molar-refractivity contribution in [2.75, 3.05) is 33.3 Å². The molecule has 2 fully saturated rings. The lowest BCUT2D eigenvalue weighted by atomic mass is 9.87. The summed E-state index contributed by atoms with van der Waals surface area (Å²) in [6, 6.07) is 14.6. The maximum absolute atomic E-state index is 13.1. The minimum absolute atomic E-state index is 0.00165. The first kappa shape index (κ1) is 24.7. The third kappa shape index (κ3) is 5.12. The van der Waals surface area contributed by atoms with Gasteiger partial charge < -0.3 is 9.64 Å². The molecule has 8 nitrogen and oxygen atoms in total. The quantitative estimate of drug-likeness (QED) is 0.675. The van der Waals surface area contributed by atoms with Crippen molar-refractivity contribution < 1.29 is 17.9 Å². The molecule has 0 aliphatic carbocycles. The number of methoxy groups -OCH3 is 1. The van der Waals surface area contributed by atoms with Gasteiger partial charge in [-0.15, -0.1) is 0 Å². The Labute approximate surface area is 202 Å². The summed E-state index contributed by atoms with van der Waals surface area (Å²) in [7, 11) is -1.96. The number of rotatable bonds is 5. The van der Waals surface area contributed by atoms with E-state index in [9.17, 15) is 13.2 Å². The molecule has 184 valence electrons. The van der Waals surface area contributed by atoms with E-state index in [4.69, 9.17) is 4.74 Å². The number of hydrogen-bond acceptors (Lipinski definition) is 6. The zero-order chi connectivity index (χ0) is 24.5. The highest BCUT2D eigenvalue weighted by Gasteiger charge is 2.36. The van der Waals surface area contributed by atoms with Gasteiger partial charge >= 0.3 is 0 Å². The molecular formula is C25H34N4O4S. The van der Waals surface area contributed by atoms with Gasteiger partial charge in [-0.1, -0.05) is 45.0 Å². The SMILES string of the molecule is COc1cccc(C2CC(C(=O)N3CCN(S(=O)(=O)c4ccc(C(C)(C)C)cc4)CC3)NN2)c1. The number of carbonyl (C=O) groups is 1.